The molecule has 2 unspecified atom stereocenters. The molecule has 1 aliphatic carbocycles. The van der Waals surface area contributed by atoms with Crippen molar-refractivity contribution in [3.63, 3.8) is 0 Å². The fraction of sp³-hybridized carbons (Fsp3) is 0.333. The number of hydrogen-bond donors (Lipinski definition) is 3. The Kier molecular flexibility index (Phi) is 5.11. The van der Waals surface area contributed by atoms with E-state index < -0.39 is 27.4 Å². The normalized spacial score (nSPS) is 21.8. The summed E-state index contributed by atoms with van der Waals surface area (Å²) < 4.78 is 27.7. The molecule has 1 aromatic heterocycles. The van der Waals surface area contributed by atoms with Gasteiger partial charge in [0.25, 0.3) is 15.9 Å². The molecule has 144 valence electrons. The number of nitrogens with one attached hydrogen (secondary N) is 2. The number of aliphatic carboxylic acids is 1. The van der Waals surface area contributed by atoms with E-state index in [1.165, 1.54) is 12.1 Å². The van der Waals surface area contributed by atoms with Crippen LogP contribution in [0.1, 0.15) is 41.4 Å². The Labute approximate surface area is 161 Å². The van der Waals surface area contributed by atoms with Gasteiger partial charge in [0.15, 0.2) is 0 Å². The van der Waals surface area contributed by atoms with Gasteiger partial charge in [-0.15, -0.1) is 11.3 Å². The average molecular weight is 409 g/mol. The molecule has 9 heteroatoms. The first-order chi connectivity index (χ1) is 12.7. The van der Waals surface area contributed by atoms with Crippen molar-refractivity contribution < 1.29 is 23.1 Å². The zero-order valence-electron chi connectivity index (χ0n) is 14.8. The maximum atomic E-state index is 12.7. The first-order valence-corrected chi connectivity index (χ1v) is 10.7. The third-order valence-electron chi connectivity index (χ3n) is 4.35. The first kappa shape index (κ1) is 19.5. The van der Waals surface area contributed by atoms with E-state index in [4.69, 9.17) is 0 Å². The van der Waals surface area contributed by atoms with E-state index in [9.17, 15) is 23.1 Å². The molecule has 1 amide bonds. The Morgan fingerprint density at radius 1 is 1.19 bits per heavy atom. The summed E-state index contributed by atoms with van der Waals surface area (Å²) in [6.45, 7) is 3.61. The molecule has 2 aromatic rings. The highest BCUT2D eigenvalue weighted by atomic mass is 32.2. The minimum Gasteiger partial charge on any atom is -0.480 e. The van der Waals surface area contributed by atoms with Crippen molar-refractivity contribution in [1.82, 2.24) is 10.0 Å². The fourth-order valence-corrected chi connectivity index (χ4v) is 5.57. The highest BCUT2D eigenvalue weighted by molar-refractivity contribution is 7.91. The zero-order chi connectivity index (χ0) is 19.8. The summed E-state index contributed by atoms with van der Waals surface area (Å²) in [5, 5.41) is 12.3. The molecule has 1 heterocycles. The number of carbonyl (C=O) groups is 2. The molecule has 0 spiro atoms. The Hall–Kier alpha value is -2.23. The molecule has 0 radical (unpaired) electrons. The standard InChI is InChI=1S/C18H20N2O5S2/c1-11(2)19-16(21)14-8-9-15(26-14)27(24,25)20-18(17(22)23)10-13(18)12-6-4-3-5-7-12/h3-9,11,13,20H,10H2,1-2H3,(H,19,21)(H,22,23). The molecule has 1 aliphatic rings. The van der Waals surface area contributed by atoms with Crippen molar-refractivity contribution in [2.75, 3.05) is 0 Å². The highest BCUT2D eigenvalue weighted by Gasteiger charge is 2.63. The Morgan fingerprint density at radius 2 is 1.85 bits per heavy atom. The van der Waals surface area contributed by atoms with Crippen LogP contribution in [-0.2, 0) is 14.8 Å². The molecule has 27 heavy (non-hydrogen) atoms. The number of amides is 1. The lowest BCUT2D eigenvalue weighted by Crippen LogP contribution is -2.44. The second-order valence-corrected chi connectivity index (χ2v) is 9.79. The van der Waals surface area contributed by atoms with Gasteiger partial charge in [-0.05, 0) is 38.0 Å². The molecular formula is C18H20N2O5S2. The van der Waals surface area contributed by atoms with Gasteiger partial charge in [0.1, 0.15) is 9.75 Å². The van der Waals surface area contributed by atoms with Crippen LogP contribution >= 0.6 is 11.3 Å². The molecule has 1 fully saturated rings. The third-order valence-corrected chi connectivity index (χ3v) is 7.44. The Balaban J connectivity index is 1.82. The lowest BCUT2D eigenvalue weighted by Gasteiger charge is -2.14. The monoisotopic (exact) mass is 408 g/mol. The number of sulfonamides is 1. The minimum absolute atomic E-state index is 0.0776. The smallest absolute Gasteiger partial charge is 0.325 e. The van der Waals surface area contributed by atoms with Gasteiger partial charge in [-0.2, -0.15) is 4.72 Å². The van der Waals surface area contributed by atoms with E-state index >= 15 is 0 Å². The van der Waals surface area contributed by atoms with Crippen molar-refractivity contribution in [2.24, 2.45) is 0 Å². The molecule has 3 rings (SSSR count). The summed E-state index contributed by atoms with van der Waals surface area (Å²) in [5.74, 6) is -2.01. The van der Waals surface area contributed by atoms with Gasteiger partial charge >= 0.3 is 5.97 Å². The van der Waals surface area contributed by atoms with E-state index in [2.05, 4.69) is 10.0 Å². The maximum absolute atomic E-state index is 12.7. The number of hydrogen-bond acceptors (Lipinski definition) is 5. The molecular weight excluding hydrogens is 388 g/mol. The molecule has 1 aromatic carbocycles. The van der Waals surface area contributed by atoms with Crippen LogP contribution in [0.4, 0.5) is 0 Å². The van der Waals surface area contributed by atoms with Gasteiger partial charge in [-0.25, -0.2) is 8.42 Å². The quantitative estimate of drug-likeness (QED) is 0.650. The van der Waals surface area contributed by atoms with E-state index in [0.29, 0.717) is 0 Å². The molecule has 1 saturated carbocycles. The molecule has 0 saturated heterocycles. The van der Waals surface area contributed by atoms with Gasteiger partial charge < -0.3 is 10.4 Å². The number of carboxylic acids is 1. The van der Waals surface area contributed by atoms with Gasteiger partial charge in [-0.1, -0.05) is 30.3 Å². The number of benzene rings is 1. The lowest BCUT2D eigenvalue weighted by atomic mass is 10.1. The van der Waals surface area contributed by atoms with E-state index in [0.717, 1.165) is 16.9 Å². The predicted octanol–water partition coefficient (Wildman–Crippen LogP) is 2.18. The van der Waals surface area contributed by atoms with Crippen molar-refractivity contribution in [2.45, 2.75) is 42.0 Å². The summed E-state index contributed by atoms with van der Waals surface area (Å²) in [7, 11) is -4.07. The van der Waals surface area contributed by atoms with Crippen LogP contribution < -0.4 is 10.0 Å². The third kappa shape index (κ3) is 3.90. The summed E-state index contributed by atoms with van der Waals surface area (Å²) in [6, 6.07) is 11.6. The SMILES string of the molecule is CC(C)NC(=O)c1ccc(S(=O)(=O)NC2(C(=O)O)CC2c2ccccc2)s1. The predicted molar refractivity (Wildman–Crippen MR) is 101 cm³/mol. The Bertz CT molecular complexity index is 969. The van der Waals surface area contributed by atoms with Gasteiger partial charge in [0.05, 0.1) is 4.88 Å². The summed E-state index contributed by atoms with van der Waals surface area (Å²) in [6.07, 6.45) is 0.178. The van der Waals surface area contributed by atoms with Gasteiger partial charge in [-0.3, -0.25) is 9.59 Å². The summed E-state index contributed by atoms with van der Waals surface area (Å²) in [5.41, 5.74) is -0.796. The zero-order valence-corrected chi connectivity index (χ0v) is 16.4. The van der Waals surface area contributed by atoms with E-state index in [1.807, 2.05) is 6.07 Å². The van der Waals surface area contributed by atoms with Crippen LogP contribution in [0, 0.1) is 0 Å². The second kappa shape index (κ2) is 7.06. The van der Waals surface area contributed by atoms with Crippen LogP contribution in [0.2, 0.25) is 0 Å². The van der Waals surface area contributed by atoms with Gasteiger partial charge in [0.2, 0.25) is 0 Å². The van der Waals surface area contributed by atoms with Crippen molar-refractivity contribution in [3.05, 3.63) is 52.9 Å². The first-order valence-electron chi connectivity index (χ1n) is 8.39. The van der Waals surface area contributed by atoms with Crippen LogP contribution in [0.25, 0.3) is 0 Å². The van der Waals surface area contributed by atoms with E-state index in [1.54, 1.807) is 38.1 Å². The lowest BCUT2D eigenvalue weighted by molar-refractivity contribution is -0.140. The van der Waals surface area contributed by atoms with Crippen LogP contribution in [0.15, 0.2) is 46.7 Å². The van der Waals surface area contributed by atoms with Crippen molar-refractivity contribution in [3.8, 4) is 0 Å². The molecule has 7 nitrogen and oxygen atoms in total. The van der Waals surface area contributed by atoms with Crippen LogP contribution in [-0.4, -0.2) is 37.0 Å². The maximum Gasteiger partial charge on any atom is 0.325 e. The molecule has 0 aliphatic heterocycles. The van der Waals surface area contributed by atoms with E-state index in [-0.39, 0.29) is 27.5 Å². The topological polar surface area (TPSA) is 113 Å². The number of rotatable bonds is 7. The van der Waals surface area contributed by atoms with Crippen molar-refractivity contribution >= 4 is 33.2 Å². The van der Waals surface area contributed by atoms with Crippen LogP contribution in [0.5, 0.6) is 0 Å². The Morgan fingerprint density at radius 3 is 2.44 bits per heavy atom. The summed E-state index contributed by atoms with van der Waals surface area (Å²) >= 11 is 0.812. The second-order valence-electron chi connectivity index (χ2n) is 6.80. The number of carbonyl (C=O) groups excluding carboxylic acids is 1. The average Bonchev–Trinajstić information content (AvgIpc) is 3.09. The number of carboxylic acid groups (broad SMARTS) is 1. The molecule has 0 bridgehead atoms. The molecule has 2 atom stereocenters. The van der Waals surface area contributed by atoms with Gasteiger partial charge in [0, 0.05) is 12.0 Å². The minimum atomic E-state index is -4.07. The summed E-state index contributed by atoms with van der Waals surface area (Å²) in [4.78, 5) is 24.1. The van der Waals surface area contributed by atoms with Crippen molar-refractivity contribution in [1.29, 1.82) is 0 Å². The van der Waals surface area contributed by atoms with Crippen LogP contribution in [0.3, 0.4) is 0 Å². The fourth-order valence-electron chi connectivity index (χ4n) is 2.95. The number of thiophene rings is 1. The largest absolute Gasteiger partial charge is 0.480 e. The molecule has 3 N–H and O–H groups in total. The highest BCUT2D eigenvalue weighted by Crippen LogP contribution is 2.52.